The lowest BCUT2D eigenvalue weighted by atomic mass is 10.2. The molecule has 31 heavy (non-hydrogen) atoms. The predicted molar refractivity (Wildman–Crippen MR) is 126 cm³/mol. The van der Waals surface area contributed by atoms with Crippen LogP contribution in [-0.2, 0) is 13.1 Å². The fourth-order valence-corrected chi connectivity index (χ4v) is 4.29. The Bertz CT molecular complexity index is 915. The summed E-state index contributed by atoms with van der Waals surface area (Å²) in [7, 11) is 3.70. The van der Waals surface area contributed by atoms with Gasteiger partial charge in [-0.25, -0.2) is 0 Å². The maximum Gasteiger partial charge on any atom is 0.191 e. The number of nitrogens with zero attached hydrogens (tertiary/aromatic N) is 4. The zero-order chi connectivity index (χ0) is 22.1. The lowest BCUT2D eigenvalue weighted by Crippen LogP contribution is -2.30. The summed E-state index contributed by atoms with van der Waals surface area (Å²) in [6.07, 6.45) is 1.70. The Hall–Kier alpha value is -2.35. The number of likely N-dealkylation sites (N-methyl/N-ethyl adjacent to an activating group) is 1. The van der Waals surface area contributed by atoms with Crippen molar-refractivity contribution in [3.63, 3.8) is 0 Å². The number of benzene rings is 2. The summed E-state index contributed by atoms with van der Waals surface area (Å²) in [5.74, 6) is 2.25. The van der Waals surface area contributed by atoms with Gasteiger partial charge in [0.15, 0.2) is 11.0 Å². The summed E-state index contributed by atoms with van der Waals surface area (Å²) in [5.41, 5.74) is 2.26. The average Bonchev–Trinajstić information content (AvgIpc) is 3.19. The molecule has 0 radical (unpaired) electrons. The number of aliphatic hydroxyl groups excluding tert-OH is 1. The molecule has 1 aromatic heterocycles. The maximum absolute atomic E-state index is 10.6. The third-order valence-corrected chi connectivity index (χ3v) is 6.13. The molecule has 3 rings (SSSR count). The van der Waals surface area contributed by atoms with Gasteiger partial charge in [-0.1, -0.05) is 55.4 Å². The van der Waals surface area contributed by atoms with E-state index in [-0.39, 0.29) is 0 Å². The monoisotopic (exact) mass is 440 g/mol. The Morgan fingerprint density at radius 1 is 1.10 bits per heavy atom. The third kappa shape index (κ3) is 6.82. The number of aromatic nitrogens is 3. The van der Waals surface area contributed by atoms with Gasteiger partial charge in [-0.3, -0.25) is 4.90 Å². The Labute approximate surface area is 189 Å². The van der Waals surface area contributed by atoms with Crippen LogP contribution in [0.3, 0.4) is 0 Å². The van der Waals surface area contributed by atoms with E-state index in [0.29, 0.717) is 12.3 Å². The topological polar surface area (TPSA) is 63.4 Å². The molecule has 1 unspecified atom stereocenters. The number of hydrogen-bond acceptors (Lipinski definition) is 6. The average molecular weight is 441 g/mol. The second kappa shape index (κ2) is 11.9. The van der Waals surface area contributed by atoms with Gasteiger partial charge in [0.2, 0.25) is 0 Å². The van der Waals surface area contributed by atoms with Crippen LogP contribution in [-0.4, -0.2) is 57.3 Å². The number of ether oxygens (including phenoxy) is 1. The van der Waals surface area contributed by atoms with Crippen molar-refractivity contribution in [1.29, 1.82) is 0 Å². The van der Waals surface area contributed by atoms with Crippen molar-refractivity contribution >= 4 is 11.8 Å². The summed E-state index contributed by atoms with van der Waals surface area (Å²) in [6.45, 7) is 4.46. The van der Waals surface area contributed by atoms with Crippen LogP contribution in [0.25, 0.3) is 11.4 Å². The molecule has 3 aromatic rings. The van der Waals surface area contributed by atoms with E-state index < -0.39 is 6.10 Å². The van der Waals surface area contributed by atoms with Crippen LogP contribution in [0.15, 0.2) is 59.8 Å². The third-order valence-electron chi connectivity index (χ3n) is 5.02. The van der Waals surface area contributed by atoms with E-state index in [1.807, 2.05) is 49.5 Å². The zero-order valence-electron chi connectivity index (χ0n) is 18.6. The lowest BCUT2D eigenvalue weighted by molar-refractivity contribution is 0.142. The van der Waals surface area contributed by atoms with E-state index in [4.69, 9.17) is 4.74 Å². The van der Waals surface area contributed by atoms with Crippen molar-refractivity contribution in [2.45, 2.75) is 44.1 Å². The molecular formula is C24H32N4O2S. The first-order valence-electron chi connectivity index (χ1n) is 10.7. The normalized spacial score (nSPS) is 12.3. The second-order valence-electron chi connectivity index (χ2n) is 7.69. The Balaban J connectivity index is 1.62. The molecule has 0 aliphatic heterocycles. The minimum atomic E-state index is -0.445. The molecular weight excluding hydrogens is 408 g/mol. The van der Waals surface area contributed by atoms with Crippen LogP contribution < -0.4 is 4.74 Å². The van der Waals surface area contributed by atoms with Crippen LogP contribution >= 0.6 is 11.8 Å². The van der Waals surface area contributed by atoms with Crippen molar-refractivity contribution in [3.05, 3.63) is 60.2 Å². The van der Waals surface area contributed by atoms with Crippen molar-refractivity contribution in [2.75, 3.05) is 26.5 Å². The largest absolute Gasteiger partial charge is 0.497 e. The first kappa shape index (κ1) is 23.3. The molecule has 6 nitrogen and oxygen atoms in total. The highest BCUT2D eigenvalue weighted by atomic mass is 32.2. The lowest BCUT2D eigenvalue weighted by Gasteiger charge is -2.20. The van der Waals surface area contributed by atoms with E-state index in [9.17, 15) is 5.11 Å². The fraction of sp³-hybridized carbons (Fsp3) is 0.417. The van der Waals surface area contributed by atoms with Crippen LogP contribution in [0.4, 0.5) is 0 Å². The van der Waals surface area contributed by atoms with E-state index in [2.05, 4.69) is 38.7 Å². The van der Waals surface area contributed by atoms with Crippen LogP contribution in [0.5, 0.6) is 5.75 Å². The van der Waals surface area contributed by atoms with Gasteiger partial charge in [0.05, 0.1) is 13.2 Å². The number of methoxy groups -OCH3 is 1. The highest BCUT2D eigenvalue weighted by Gasteiger charge is 2.17. The minimum Gasteiger partial charge on any atom is -0.497 e. The summed E-state index contributed by atoms with van der Waals surface area (Å²) in [4.78, 5) is 2.14. The number of aliphatic hydroxyl groups is 1. The van der Waals surface area contributed by atoms with E-state index >= 15 is 0 Å². The van der Waals surface area contributed by atoms with E-state index in [1.165, 1.54) is 5.56 Å². The van der Waals surface area contributed by atoms with Gasteiger partial charge in [0.1, 0.15) is 5.75 Å². The van der Waals surface area contributed by atoms with Crippen molar-refractivity contribution in [2.24, 2.45) is 0 Å². The van der Waals surface area contributed by atoms with E-state index in [1.54, 1.807) is 18.9 Å². The second-order valence-corrected chi connectivity index (χ2v) is 8.67. The zero-order valence-corrected chi connectivity index (χ0v) is 19.4. The molecule has 2 aromatic carbocycles. The van der Waals surface area contributed by atoms with Gasteiger partial charge in [-0.05, 0) is 43.3 Å². The molecule has 1 N–H and O–H groups in total. The van der Waals surface area contributed by atoms with Gasteiger partial charge in [0, 0.05) is 31.0 Å². The van der Waals surface area contributed by atoms with Gasteiger partial charge in [-0.2, -0.15) is 0 Å². The van der Waals surface area contributed by atoms with Crippen LogP contribution in [0, 0.1) is 0 Å². The molecule has 0 aliphatic carbocycles. The van der Waals surface area contributed by atoms with Crippen LogP contribution in [0.2, 0.25) is 0 Å². The molecule has 0 spiro atoms. The molecule has 1 atom stereocenters. The van der Waals surface area contributed by atoms with Gasteiger partial charge in [-0.15, -0.1) is 10.2 Å². The van der Waals surface area contributed by atoms with Crippen molar-refractivity contribution < 1.29 is 9.84 Å². The van der Waals surface area contributed by atoms with Gasteiger partial charge >= 0.3 is 0 Å². The molecule has 0 aliphatic rings. The molecule has 7 heteroatoms. The summed E-state index contributed by atoms with van der Waals surface area (Å²) < 4.78 is 7.42. The Kier molecular flexibility index (Phi) is 8.94. The minimum absolute atomic E-state index is 0.445. The highest BCUT2D eigenvalue weighted by Crippen LogP contribution is 2.26. The molecule has 1 heterocycles. The first-order valence-corrected chi connectivity index (χ1v) is 11.7. The molecule has 0 saturated carbocycles. The Morgan fingerprint density at radius 3 is 2.52 bits per heavy atom. The summed E-state index contributed by atoms with van der Waals surface area (Å²) in [5, 5.41) is 20.3. The predicted octanol–water partition coefficient (Wildman–Crippen LogP) is 4.34. The molecule has 166 valence electrons. The quantitative estimate of drug-likeness (QED) is 0.423. The molecule has 0 amide bonds. The van der Waals surface area contributed by atoms with Gasteiger partial charge < -0.3 is 14.4 Å². The fourth-order valence-electron chi connectivity index (χ4n) is 3.41. The van der Waals surface area contributed by atoms with E-state index in [0.717, 1.165) is 48.2 Å². The summed E-state index contributed by atoms with van der Waals surface area (Å²) >= 11 is 1.57. The standard InChI is InChI=1S/C24H32N4O2S/c1-4-5-15-28-23(20-11-13-22(30-3)14-12-20)25-26-24(28)31-18-21(29)17-27(2)16-19-9-7-6-8-10-19/h6-14,21,29H,4-5,15-18H2,1-3H3. The van der Waals surface area contributed by atoms with Crippen LogP contribution in [0.1, 0.15) is 25.3 Å². The smallest absolute Gasteiger partial charge is 0.191 e. The molecule has 0 fully saturated rings. The summed E-state index contributed by atoms with van der Waals surface area (Å²) in [6, 6.07) is 18.2. The first-order chi connectivity index (χ1) is 15.1. The van der Waals surface area contributed by atoms with Gasteiger partial charge in [0.25, 0.3) is 0 Å². The Morgan fingerprint density at radius 2 is 1.84 bits per heavy atom. The number of thioether (sulfide) groups is 1. The SMILES string of the molecule is CCCCn1c(SCC(O)CN(C)Cc2ccccc2)nnc1-c1ccc(OC)cc1. The number of hydrogen-bond donors (Lipinski definition) is 1. The maximum atomic E-state index is 10.6. The number of rotatable bonds is 12. The molecule has 0 bridgehead atoms. The van der Waals surface area contributed by atoms with Crippen molar-refractivity contribution in [3.8, 4) is 17.1 Å². The number of unbranched alkanes of at least 4 members (excludes halogenated alkanes) is 1. The molecule has 0 saturated heterocycles. The van der Waals surface area contributed by atoms with Crippen molar-refractivity contribution in [1.82, 2.24) is 19.7 Å². The highest BCUT2D eigenvalue weighted by molar-refractivity contribution is 7.99.